The second-order valence-electron chi connectivity index (χ2n) is 6.24. The first-order valence-electron chi connectivity index (χ1n) is 8.66. The molecule has 2 heterocycles. The fraction of sp³-hybridized carbons (Fsp3) is 0.211. The van der Waals surface area contributed by atoms with Crippen molar-refractivity contribution in [1.82, 2.24) is 20.2 Å². The number of carbonyl (C=O) groups excluding carboxylic acids is 1. The SMILES string of the molecule is Cc1ccccc1-c1nnc(SCC(=O)NCc2ccc3c(c2)OCO3)n1N. The van der Waals surface area contributed by atoms with Crippen molar-refractivity contribution in [3.8, 4) is 22.9 Å². The Labute approximate surface area is 166 Å². The molecule has 9 heteroatoms. The third-order valence-corrected chi connectivity index (χ3v) is 5.25. The zero-order valence-electron chi connectivity index (χ0n) is 15.2. The Morgan fingerprint density at radius 2 is 2.04 bits per heavy atom. The fourth-order valence-corrected chi connectivity index (χ4v) is 3.50. The first-order valence-corrected chi connectivity index (χ1v) is 9.65. The van der Waals surface area contributed by atoms with E-state index in [0.717, 1.165) is 22.4 Å². The summed E-state index contributed by atoms with van der Waals surface area (Å²) in [7, 11) is 0. The number of hydrogen-bond donors (Lipinski definition) is 2. The number of thioether (sulfide) groups is 1. The predicted octanol–water partition coefficient (Wildman–Crippen LogP) is 2.10. The van der Waals surface area contributed by atoms with Crippen LogP contribution >= 0.6 is 11.8 Å². The molecule has 0 saturated heterocycles. The molecule has 0 bridgehead atoms. The van der Waals surface area contributed by atoms with Gasteiger partial charge in [0.25, 0.3) is 0 Å². The molecule has 0 fully saturated rings. The molecule has 144 valence electrons. The van der Waals surface area contributed by atoms with Gasteiger partial charge in [0.1, 0.15) is 0 Å². The lowest BCUT2D eigenvalue weighted by atomic mass is 10.1. The van der Waals surface area contributed by atoms with Gasteiger partial charge in [0, 0.05) is 12.1 Å². The summed E-state index contributed by atoms with van der Waals surface area (Å²) in [6.07, 6.45) is 0. The lowest BCUT2D eigenvalue weighted by molar-refractivity contribution is -0.118. The highest BCUT2D eigenvalue weighted by molar-refractivity contribution is 7.99. The molecule has 3 aromatic rings. The molecule has 28 heavy (non-hydrogen) atoms. The van der Waals surface area contributed by atoms with Gasteiger partial charge in [-0.05, 0) is 30.2 Å². The number of nitrogens with one attached hydrogen (secondary N) is 1. The largest absolute Gasteiger partial charge is 0.454 e. The number of ether oxygens (including phenoxy) is 2. The highest BCUT2D eigenvalue weighted by atomic mass is 32.2. The number of fused-ring (bicyclic) bond motifs is 1. The van der Waals surface area contributed by atoms with Crippen LogP contribution in [-0.2, 0) is 11.3 Å². The Morgan fingerprint density at radius 1 is 1.21 bits per heavy atom. The molecule has 0 saturated carbocycles. The summed E-state index contributed by atoms with van der Waals surface area (Å²) in [5.74, 6) is 8.17. The van der Waals surface area contributed by atoms with Crippen molar-refractivity contribution < 1.29 is 14.3 Å². The number of aryl methyl sites for hydroxylation is 1. The fourth-order valence-electron chi connectivity index (χ4n) is 2.82. The molecule has 8 nitrogen and oxygen atoms in total. The minimum Gasteiger partial charge on any atom is -0.454 e. The molecule has 0 aliphatic carbocycles. The van der Waals surface area contributed by atoms with Crippen LogP contribution in [0.2, 0.25) is 0 Å². The van der Waals surface area contributed by atoms with E-state index in [-0.39, 0.29) is 18.5 Å². The predicted molar refractivity (Wildman–Crippen MR) is 105 cm³/mol. The van der Waals surface area contributed by atoms with Gasteiger partial charge in [0.2, 0.25) is 17.9 Å². The molecule has 1 aromatic heterocycles. The van der Waals surface area contributed by atoms with E-state index in [0.29, 0.717) is 23.3 Å². The maximum absolute atomic E-state index is 12.2. The molecule has 4 rings (SSSR count). The molecule has 0 unspecified atom stereocenters. The van der Waals surface area contributed by atoms with Crippen LogP contribution in [0.25, 0.3) is 11.4 Å². The van der Waals surface area contributed by atoms with Crippen LogP contribution in [0.1, 0.15) is 11.1 Å². The summed E-state index contributed by atoms with van der Waals surface area (Å²) in [5, 5.41) is 11.6. The van der Waals surface area contributed by atoms with E-state index < -0.39 is 0 Å². The number of aromatic nitrogens is 3. The van der Waals surface area contributed by atoms with Gasteiger partial charge in [-0.2, -0.15) is 0 Å². The average molecular weight is 397 g/mol. The summed E-state index contributed by atoms with van der Waals surface area (Å²) in [4.78, 5) is 12.2. The summed E-state index contributed by atoms with van der Waals surface area (Å²) in [5.41, 5.74) is 2.91. The van der Waals surface area contributed by atoms with Gasteiger partial charge in [-0.15, -0.1) is 10.2 Å². The standard InChI is InChI=1S/C19H19N5O3S/c1-12-4-2-3-5-14(12)18-22-23-19(24(18)20)28-10-17(25)21-9-13-6-7-15-16(8-13)27-11-26-15/h2-8H,9-11,20H2,1H3,(H,21,25). The summed E-state index contributed by atoms with van der Waals surface area (Å²) < 4.78 is 12.0. The third kappa shape index (κ3) is 3.74. The topological polar surface area (TPSA) is 104 Å². The summed E-state index contributed by atoms with van der Waals surface area (Å²) >= 11 is 1.24. The van der Waals surface area contributed by atoms with Crippen LogP contribution in [0.3, 0.4) is 0 Å². The molecule has 1 amide bonds. The molecular formula is C19H19N5O3S. The number of rotatable bonds is 6. The van der Waals surface area contributed by atoms with E-state index in [1.807, 2.05) is 49.4 Å². The molecule has 0 radical (unpaired) electrons. The second-order valence-corrected chi connectivity index (χ2v) is 7.19. The van der Waals surface area contributed by atoms with E-state index >= 15 is 0 Å². The quantitative estimate of drug-likeness (QED) is 0.485. The van der Waals surface area contributed by atoms with Crippen LogP contribution in [0.15, 0.2) is 47.6 Å². The van der Waals surface area contributed by atoms with Crippen molar-refractivity contribution in [2.24, 2.45) is 0 Å². The Bertz CT molecular complexity index is 1020. The second kappa shape index (κ2) is 7.81. The molecule has 0 atom stereocenters. The maximum atomic E-state index is 12.2. The molecule has 0 spiro atoms. The van der Waals surface area contributed by atoms with E-state index in [1.165, 1.54) is 16.4 Å². The van der Waals surface area contributed by atoms with Gasteiger partial charge in [0.05, 0.1) is 5.75 Å². The number of carbonyl (C=O) groups is 1. The Morgan fingerprint density at radius 3 is 2.89 bits per heavy atom. The monoisotopic (exact) mass is 397 g/mol. The van der Waals surface area contributed by atoms with E-state index in [9.17, 15) is 4.79 Å². The van der Waals surface area contributed by atoms with Crippen LogP contribution in [0.4, 0.5) is 0 Å². The number of nitrogens with two attached hydrogens (primary N) is 1. The number of amides is 1. The third-order valence-electron chi connectivity index (χ3n) is 4.31. The lowest BCUT2D eigenvalue weighted by Crippen LogP contribution is -2.25. The van der Waals surface area contributed by atoms with Gasteiger partial charge in [-0.3, -0.25) is 4.79 Å². The normalized spacial score (nSPS) is 12.2. The Kier molecular flexibility index (Phi) is 5.07. The van der Waals surface area contributed by atoms with E-state index in [4.69, 9.17) is 15.3 Å². The van der Waals surface area contributed by atoms with Gasteiger partial charge in [-0.1, -0.05) is 42.1 Å². The van der Waals surface area contributed by atoms with Crippen LogP contribution in [0, 0.1) is 6.92 Å². The lowest BCUT2D eigenvalue weighted by Gasteiger charge is -2.07. The van der Waals surface area contributed by atoms with Crippen molar-refractivity contribution in [2.75, 3.05) is 18.4 Å². The number of nitrogen functional groups attached to an aromatic ring is 1. The van der Waals surface area contributed by atoms with Crippen molar-refractivity contribution in [3.05, 3.63) is 53.6 Å². The summed E-state index contributed by atoms with van der Waals surface area (Å²) in [6.45, 7) is 2.62. The first-order chi connectivity index (χ1) is 13.6. The zero-order valence-corrected chi connectivity index (χ0v) is 16.0. The molecule has 2 aromatic carbocycles. The van der Waals surface area contributed by atoms with E-state index in [2.05, 4.69) is 15.5 Å². The smallest absolute Gasteiger partial charge is 0.231 e. The van der Waals surface area contributed by atoms with Gasteiger partial charge in [0.15, 0.2) is 17.3 Å². The number of hydrogen-bond acceptors (Lipinski definition) is 7. The van der Waals surface area contributed by atoms with Crippen molar-refractivity contribution in [3.63, 3.8) is 0 Å². The van der Waals surface area contributed by atoms with Gasteiger partial charge >= 0.3 is 0 Å². The van der Waals surface area contributed by atoms with Crippen molar-refractivity contribution in [2.45, 2.75) is 18.6 Å². The highest BCUT2D eigenvalue weighted by Crippen LogP contribution is 2.32. The maximum Gasteiger partial charge on any atom is 0.231 e. The van der Waals surface area contributed by atoms with Crippen molar-refractivity contribution in [1.29, 1.82) is 0 Å². The van der Waals surface area contributed by atoms with E-state index in [1.54, 1.807) is 0 Å². The molecule has 3 N–H and O–H groups in total. The Hall–Kier alpha value is -3.20. The summed E-state index contributed by atoms with van der Waals surface area (Å²) in [6, 6.07) is 13.4. The molecule has 1 aliphatic rings. The average Bonchev–Trinajstić information content (AvgIpc) is 3.31. The van der Waals surface area contributed by atoms with Crippen LogP contribution in [-0.4, -0.2) is 33.3 Å². The molecular weight excluding hydrogens is 378 g/mol. The minimum absolute atomic E-state index is 0.122. The van der Waals surface area contributed by atoms with Gasteiger partial charge < -0.3 is 20.6 Å². The highest BCUT2D eigenvalue weighted by Gasteiger charge is 2.16. The van der Waals surface area contributed by atoms with Crippen molar-refractivity contribution >= 4 is 17.7 Å². The van der Waals surface area contributed by atoms with Crippen LogP contribution in [0.5, 0.6) is 11.5 Å². The Balaban J connectivity index is 1.33. The molecule has 1 aliphatic heterocycles. The van der Waals surface area contributed by atoms with Gasteiger partial charge in [-0.25, -0.2) is 4.68 Å². The first kappa shape index (κ1) is 18.2. The number of nitrogens with zero attached hydrogens (tertiary/aromatic N) is 3. The zero-order chi connectivity index (χ0) is 19.5. The minimum atomic E-state index is -0.122. The van der Waals surface area contributed by atoms with Crippen LogP contribution < -0.4 is 20.6 Å². The number of benzene rings is 2.